The number of hydrogen-bond acceptors (Lipinski definition) is 4. The summed E-state index contributed by atoms with van der Waals surface area (Å²) in [7, 11) is 0. The van der Waals surface area contributed by atoms with E-state index in [-0.39, 0.29) is 11.0 Å². The second-order valence-corrected chi connectivity index (χ2v) is 5.44. The van der Waals surface area contributed by atoms with Crippen molar-refractivity contribution in [3.05, 3.63) is 34.0 Å². The van der Waals surface area contributed by atoms with Crippen LogP contribution in [0.3, 0.4) is 0 Å². The largest absolute Gasteiger partial charge is 0.389 e. The molecule has 0 fully saturated rings. The zero-order valence-corrected chi connectivity index (χ0v) is 11.0. The molecular weight excluding hydrogens is 230 g/mol. The molecule has 1 unspecified atom stereocenters. The van der Waals surface area contributed by atoms with Gasteiger partial charge in [0.25, 0.3) is 5.56 Å². The maximum absolute atomic E-state index is 12.1. The Morgan fingerprint density at radius 1 is 1.39 bits per heavy atom. The van der Waals surface area contributed by atoms with Crippen molar-refractivity contribution < 1.29 is 5.11 Å². The van der Waals surface area contributed by atoms with Crippen LogP contribution in [0.1, 0.15) is 45.2 Å². The van der Waals surface area contributed by atoms with Crippen molar-refractivity contribution in [2.45, 2.75) is 39.2 Å². The number of hydrogen-bond donors (Lipinski definition) is 2. The van der Waals surface area contributed by atoms with E-state index in [2.05, 4.69) is 15.0 Å². The van der Waals surface area contributed by atoms with Crippen molar-refractivity contribution in [1.82, 2.24) is 15.0 Å². The first-order chi connectivity index (χ1) is 8.30. The fourth-order valence-corrected chi connectivity index (χ4v) is 1.79. The Morgan fingerprint density at radius 2 is 2.06 bits per heavy atom. The van der Waals surface area contributed by atoms with E-state index in [1.54, 1.807) is 19.2 Å². The van der Waals surface area contributed by atoms with Gasteiger partial charge in [0.05, 0.1) is 11.5 Å². The molecular formula is C13H17N3O2. The fourth-order valence-electron chi connectivity index (χ4n) is 1.79. The fraction of sp³-hybridized carbons (Fsp3) is 0.462. The highest BCUT2D eigenvalue weighted by Gasteiger charge is 2.20. The molecule has 0 radical (unpaired) electrons. The topological polar surface area (TPSA) is 78.9 Å². The van der Waals surface area contributed by atoms with Gasteiger partial charge < -0.3 is 10.1 Å². The van der Waals surface area contributed by atoms with Crippen LogP contribution in [0, 0.1) is 0 Å². The van der Waals surface area contributed by atoms with Crippen LogP contribution in [0.5, 0.6) is 0 Å². The van der Waals surface area contributed by atoms with Gasteiger partial charge in [-0.1, -0.05) is 20.8 Å². The molecule has 0 spiro atoms. The molecule has 0 aromatic carbocycles. The number of nitrogens with zero attached hydrogens (tertiary/aromatic N) is 2. The zero-order valence-electron chi connectivity index (χ0n) is 11.0. The molecule has 2 aromatic heterocycles. The Morgan fingerprint density at radius 3 is 2.61 bits per heavy atom. The number of nitrogens with one attached hydrogen (secondary N) is 1. The molecule has 0 saturated carbocycles. The van der Waals surface area contributed by atoms with Gasteiger partial charge >= 0.3 is 0 Å². The standard InChI is InChI=1S/C13H17N3O2/c1-7(17)8-5-6-14-10-9(8)11(18)16-12(15-10)13(2,3)4/h5-7,17H,1-4H3,(H,14,15,16,18). The number of aliphatic hydroxyl groups is 1. The van der Waals surface area contributed by atoms with E-state index in [1.807, 2.05) is 20.8 Å². The maximum Gasteiger partial charge on any atom is 0.260 e. The lowest BCUT2D eigenvalue weighted by atomic mass is 9.95. The van der Waals surface area contributed by atoms with Crippen LogP contribution in [0.4, 0.5) is 0 Å². The van der Waals surface area contributed by atoms with Gasteiger partial charge in [-0.2, -0.15) is 0 Å². The summed E-state index contributed by atoms with van der Waals surface area (Å²) in [5, 5.41) is 10.0. The second-order valence-electron chi connectivity index (χ2n) is 5.44. The molecule has 18 heavy (non-hydrogen) atoms. The summed E-state index contributed by atoms with van der Waals surface area (Å²) < 4.78 is 0. The molecule has 0 aliphatic heterocycles. The van der Waals surface area contributed by atoms with Gasteiger partial charge in [-0.25, -0.2) is 9.97 Å². The van der Waals surface area contributed by atoms with E-state index in [9.17, 15) is 9.90 Å². The number of aliphatic hydroxyl groups excluding tert-OH is 1. The molecule has 0 aliphatic carbocycles. The Balaban J connectivity index is 2.82. The Kier molecular flexibility index (Phi) is 2.94. The molecule has 2 rings (SSSR count). The highest BCUT2D eigenvalue weighted by atomic mass is 16.3. The molecule has 5 nitrogen and oxygen atoms in total. The highest BCUT2D eigenvalue weighted by molar-refractivity contribution is 5.77. The summed E-state index contributed by atoms with van der Waals surface area (Å²) in [6, 6.07) is 1.64. The highest BCUT2D eigenvalue weighted by Crippen LogP contribution is 2.21. The quantitative estimate of drug-likeness (QED) is 0.803. The number of fused-ring (bicyclic) bond motifs is 1. The minimum absolute atomic E-state index is 0.254. The molecule has 96 valence electrons. The van der Waals surface area contributed by atoms with Crippen molar-refractivity contribution in [2.24, 2.45) is 0 Å². The molecule has 0 aliphatic rings. The van der Waals surface area contributed by atoms with Crippen LogP contribution < -0.4 is 5.56 Å². The van der Waals surface area contributed by atoms with E-state index in [0.29, 0.717) is 22.4 Å². The maximum atomic E-state index is 12.1. The predicted octanol–water partition coefficient (Wildman–Crippen LogP) is 1.67. The van der Waals surface area contributed by atoms with Crippen molar-refractivity contribution in [2.75, 3.05) is 0 Å². The van der Waals surface area contributed by atoms with Gasteiger partial charge in [-0.15, -0.1) is 0 Å². The molecule has 1 atom stereocenters. The van der Waals surface area contributed by atoms with Crippen molar-refractivity contribution in [3.8, 4) is 0 Å². The van der Waals surface area contributed by atoms with Crippen molar-refractivity contribution >= 4 is 11.0 Å². The summed E-state index contributed by atoms with van der Waals surface area (Å²) in [5.74, 6) is 0.593. The average Bonchev–Trinajstić information content (AvgIpc) is 2.26. The Hall–Kier alpha value is -1.75. The average molecular weight is 247 g/mol. The normalized spacial score (nSPS) is 13.8. The van der Waals surface area contributed by atoms with Gasteiger partial charge in [0.1, 0.15) is 5.82 Å². The summed E-state index contributed by atoms with van der Waals surface area (Å²) in [5.41, 5.74) is 0.417. The van der Waals surface area contributed by atoms with E-state index < -0.39 is 6.10 Å². The van der Waals surface area contributed by atoms with Crippen LogP contribution in [0.2, 0.25) is 0 Å². The smallest absolute Gasteiger partial charge is 0.260 e. The van der Waals surface area contributed by atoms with Crippen LogP contribution >= 0.6 is 0 Å². The third-order valence-corrected chi connectivity index (χ3v) is 2.80. The van der Waals surface area contributed by atoms with E-state index >= 15 is 0 Å². The number of aromatic amines is 1. The van der Waals surface area contributed by atoms with Crippen LogP contribution in [-0.4, -0.2) is 20.1 Å². The first-order valence-electron chi connectivity index (χ1n) is 5.88. The molecule has 2 N–H and O–H groups in total. The van der Waals surface area contributed by atoms with Gasteiger partial charge in [0.15, 0.2) is 5.65 Å². The predicted molar refractivity (Wildman–Crippen MR) is 69.5 cm³/mol. The molecule has 5 heteroatoms. The van der Waals surface area contributed by atoms with Gasteiger partial charge in [0.2, 0.25) is 0 Å². The number of pyridine rings is 1. The third-order valence-electron chi connectivity index (χ3n) is 2.80. The SMILES string of the molecule is CC(O)c1ccnc2nc(C(C)(C)C)[nH]c(=O)c12. The van der Waals surface area contributed by atoms with Gasteiger partial charge in [0, 0.05) is 11.6 Å². The Labute approximate surface area is 105 Å². The summed E-state index contributed by atoms with van der Waals surface area (Å²) in [4.78, 5) is 23.4. The number of H-pyrrole nitrogens is 1. The monoisotopic (exact) mass is 247 g/mol. The van der Waals surface area contributed by atoms with E-state index in [0.717, 1.165) is 0 Å². The van der Waals surface area contributed by atoms with E-state index in [4.69, 9.17) is 0 Å². The molecule has 0 saturated heterocycles. The first-order valence-corrected chi connectivity index (χ1v) is 5.88. The van der Waals surface area contributed by atoms with E-state index in [1.165, 1.54) is 0 Å². The molecule has 0 amide bonds. The minimum atomic E-state index is -0.723. The lowest BCUT2D eigenvalue weighted by Crippen LogP contribution is -2.23. The number of rotatable bonds is 1. The molecule has 0 bridgehead atoms. The zero-order chi connectivity index (χ0) is 13.5. The third kappa shape index (κ3) is 2.13. The summed E-state index contributed by atoms with van der Waals surface area (Å²) in [6.45, 7) is 7.52. The second kappa shape index (κ2) is 4.17. The van der Waals surface area contributed by atoms with Crippen molar-refractivity contribution in [1.29, 1.82) is 0 Å². The van der Waals surface area contributed by atoms with Crippen LogP contribution in [-0.2, 0) is 5.41 Å². The lowest BCUT2D eigenvalue weighted by Gasteiger charge is -2.17. The van der Waals surface area contributed by atoms with Crippen molar-refractivity contribution in [3.63, 3.8) is 0 Å². The van der Waals surface area contributed by atoms with Crippen LogP contribution in [0.15, 0.2) is 17.1 Å². The first kappa shape index (κ1) is 12.7. The number of aromatic nitrogens is 3. The summed E-state index contributed by atoms with van der Waals surface area (Å²) in [6.07, 6.45) is 0.836. The van der Waals surface area contributed by atoms with Gasteiger partial charge in [-0.05, 0) is 18.6 Å². The van der Waals surface area contributed by atoms with Crippen LogP contribution in [0.25, 0.3) is 11.0 Å². The summed E-state index contributed by atoms with van der Waals surface area (Å²) >= 11 is 0. The minimum Gasteiger partial charge on any atom is -0.389 e. The lowest BCUT2D eigenvalue weighted by molar-refractivity contribution is 0.200. The Bertz CT molecular complexity index is 639. The molecule has 2 aromatic rings. The van der Waals surface area contributed by atoms with Gasteiger partial charge in [-0.3, -0.25) is 4.79 Å². The molecule has 2 heterocycles.